The lowest BCUT2D eigenvalue weighted by Crippen LogP contribution is -2.10. The maximum atomic E-state index is 12.9. The summed E-state index contributed by atoms with van der Waals surface area (Å²) in [5, 5.41) is 22.7. The third-order valence-corrected chi connectivity index (χ3v) is 6.77. The SMILES string of the molecule is O=C1c2c(cc(O)c(C3CCc4cc(Cl)c(Cl)n43)c2O)-c2cc(Cl)c(Cl)n21. The molecular formula is C18H10Cl4N2O3. The van der Waals surface area contributed by atoms with Gasteiger partial charge in [0.1, 0.15) is 21.8 Å². The molecule has 0 fully saturated rings. The number of phenolic OH excluding ortho intramolecular Hbond substituents is 2. The van der Waals surface area contributed by atoms with Crippen LogP contribution in [-0.4, -0.2) is 25.3 Å². The van der Waals surface area contributed by atoms with Gasteiger partial charge in [-0.05, 0) is 31.0 Å². The Morgan fingerprint density at radius 2 is 1.70 bits per heavy atom. The van der Waals surface area contributed by atoms with Crippen molar-refractivity contribution in [3.05, 3.63) is 55.4 Å². The highest BCUT2D eigenvalue weighted by molar-refractivity contribution is 6.43. The van der Waals surface area contributed by atoms with Crippen molar-refractivity contribution in [2.24, 2.45) is 0 Å². The minimum atomic E-state index is -0.495. The van der Waals surface area contributed by atoms with Gasteiger partial charge in [0, 0.05) is 11.3 Å². The molecule has 2 aliphatic heterocycles. The van der Waals surface area contributed by atoms with Crippen LogP contribution in [0.5, 0.6) is 11.5 Å². The Bertz CT molecular complexity index is 1180. The van der Waals surface area contributed by atoms with E-state index < -0.39 is 11.9 Å². The van der Waals surface area contributed by atoms with Crippen LogP contribution in [0.2, 0.25) is 20.4 Å². The summed E-state index contributed by atoms with van der Waals surface area (Å²) in [6.45, 7) is 0. The number of aromatic hydroxyl groups is 2. The van der Waals surface area contributed by atoms with Gasteiger partial charge in [-0.15, -0.1) is 0 Å². The maximum Gasteiger partial charge on any atom is 0.268 e. The average Bonchev–Trinajstić information content (AvgIpc) is 3.29. The van der Waals surface area contributed by atoms with Crippen molar-refractivity contribution in [3.8, 4) is 22.8 Å². The molecule has 138 valence electrons. The number of aryl methyl sites for hydroxylation is 1. The molecule has 9 heteroatoms. The molecule has 2 N–H and O–H groups in total. The zero-order valence-electron chi connectivity index (χ0n) is 13.4. The number of carbonyl (C=O) groups excluding carboxylic acids is 1. The second-order valence-corrected chi connectivity index (χ2v) is 8.12. The molecule has 5 nitrogen and oxygen atoms in total. The number of nitrogens with zero attached hydrogens (tertiary/aromatic N) is 2. The molecule has 5 rings (SSSR count). The Hall–Kier alpha value is -1.79. The molecule has 0 saturated heterocycles. The number of hydrogen-bond donors (Lipinski definition) is 2. The highest BCUT2D eigenvalue weighted by Gasteiger charge is 2.38. The van der Waals surface area contributed by atoms with E-state index in [4.69, 9.17) is 46.4 Å². The molecule has 0 spiro atoms. The van der Waals surface area contributed by atoms with Gasteiger partial charge < -0.3 is 14.8 Å². The molecule has 0 amide bonds. The smallest absolute Gasteiger partial charge is 0.268 e. The third-order valence-electron chi connectivity index (χ3n) is 5.24. The fourth-order valence-corrected chi connectivity index (χ4v) is 5.02. The second kappa shape index (κ2) is 5.61. The number of aromatic nitrogens is 2. The van der Waals surface area contributed by atoms with Crippen molar-refractivity contribution in [2.45, 2.75) is 18.9 Å². The normalized spacial score (nSPS) is 17.3. The van der Waals surface area contributed by atoms with E-state index in [1.54, 1.807) is 10.6 Å². The Morgan fingerprint density at radius 1 is 1.00 bits per heavy atom. The minimum absolute atomic E-state index is 0.0664. The molecule has 2 aromatic heterocycles. The average molecular weight is 444 g/mol. The van der Waals surface area contributed by atoms with Crippen LogP contribution in [0, 0.1) is 0 Å². The summed E-state index contributed by atoms with van der Waals surface area (Å²) < 4.78 is 2.99. The summed E-state index contributed by atoms with van der Waals surface area (Å²) in [5.41, 5.74) is 2.03. The van der Waals surface area contributed by atoms with Crippen molar-refractivity contribution < 1.29 is 15.0 Å². The van der Waals surface area contributed by atoms with Crippen LogP contribution >= 0.6 is 46.4 Å². The van der Waals surface area contributed by atoms with E-state index in [0.717, 1.165) is 5.69 Å². The van der Waals surface area contributed by atoms with Crippen molar-refractivity contribution in [1.29, 1.82) is 0 Å². The first-order valence-corrected chi connectivity index (χ1v) is 9.58. The second-order valence-electron chi connectivity index (χ2n) is 6.59. The molecule has 1 aromatic carbocycles. The van der Waals surface area contributed by atoms with Crippen molar-refractivity contribution >= 4 is 52.3 Å². The minimum Gasteiger partial charge on any atom is -0.507 e. The first kappa shape index (κ1) is 17.3. The number of halogens is 4. The van der Waals surface area contributed by atoms with E-state index in [2.05, 4.69) is 0 Å². The number of fused-ring (bicyclic) bond motifs is 4. The molecule has 1 atom stereocenters. The van der Waals surface area contributed by atoms with Gasteiger partial charge in [-0.1, -0.05) is 46.4 Å². The van der Waals surface area contributed by atoms with Crippen LogP contribution in [0.4, 0.5) is 0 Å². The van der Waals surface area contributed by atoms with Crippen LogP contribution in [0.25, 0.3) is 11.3 Å². The molecule has 1 unspecified atom stereocenters. The van der Waals surface area contributed by atoms with Crippen LogP contribution < -0.4 is 0 Å². The lowest BCUT2D eigenvalue weighted by atomic mass is 9.95. The first-order chi connectivity index (χ1) is 12.8. The third kappa shape index (κ3) is 2.11. The van der Waals surface area contributed by atoms with E-state index in [9.17, 15) is 15.0 Å². The van der Waals surface area contributed by atoms with Crippen molar-refractivity contribution in [1.82, 2.24) is 9.13 Å². The van der Waals surface area contributed by atoms with Crippen LogP contribution in [0.3, 0.4) is 0 Å². The van der Waals surface area contributed by atoms with E-state index in [1.807, 2.05) is 0 Å². The summed E-state index contributed by atoms with van der Waals surface area (Å²) >= 11 is 24.5. The Morgan fingerprint density at radius 3 is 2.44 bits per heavy atom. The van der Waals surface area contributed by atoms with Crippen LogP contribution in [-0.2, 0) is 6.42 Å². The Kier molecular flexibility index (Phi) is 3.60. The largest absolute Gasteiger partial charge is 0.507 e. The van der Waals surface area contributed by atoms with Crippen molar-refractivity contribution in [3.63, 3.8) is 0 Å². The number of carbonyl (C=O) groups is 1. The lowest BCUT2D eigenvalue weighted by molar-refractivity contribution is 0.0967. The Balaban J connectivity index is 1.74. The zero-order chi connectivity index (χ0) is 19.2. The molecule has 4 heterocycles. The predicted octanol–water partition coefficient (Wildman–Crippen LogP) is 5.52. The van der Waals surface area contributed by atoms with Gasteiger partial charge in [-0.2, -0.15) is 0 Å². The van der Waals surface area contributed by atoms with Gasteiger partial charge in [-0.3, -0.25) is 9.36 Å². The number of rotatable bonds is 1. The summed E-state index contributed by atoms with van der Waals surface area (Å²) in [7, 11) is 0. The number of hydrogen-bond acceptors (Lipinski definition) is 3. The molecule has 3 aromatic rings. The van der Waals surface area contributed by atoms with Crippen LogP contribution in [0.1, 0.15) is 34.1 Å². The standard InChI is InChI=1S/C18H10Cl4N2O3/c19-8-3-6-1-2-10(23(6)16(8)21)14-12(25)4-7-11-5-9(20)17(22)24(11)18(27)13(7)15(14)26/h3-5,10,25-26H,1-2H2. The van der Waals surface area contributed by atoms with Gasteiger partial charge in [0.2, 0.25) is 0 Å². The van der Waals surface area contributed by atoms with Crippen LogP contribution in [0.15, 0.2) is 18.2 Å². The summed E-state index contributed by atoms with van der Waals surface area (Å²) in [4.78, 5) is 12.9. The van der Waals surface area contributed by atoms with E-state index >= 15 is 0 Å². The van der Waals surface area contributed by atoms with Gasteiger partial charge >= 0.3 is 0 Å². The monoisotopic (exact) mass is 442 g/mol. The molecular weight excluding hydrogens is 434 g/mol. The summed E-state index contributed by atoms with van der Waals surface area (Å²) in [5.74, 6) is -0.921. The lowest BCUT2D eigenvalue weighted by Gasteiger charge is -2.19. The topological polar surface area (TPSA) is 67.4 Å². The summed E-state index contributed by atoms with van der Waals surface area (Å²) in [6.07, 6.45) is 1.29. The first-order valence-electron chi connectivity index (χ1n) is 8.07. The zero-order valence-corrected chi connectivity index (χ0v) is 16.5. The van der Waals surface area contributed by atoms with E-state index in [-0.39, 0.29) is 32.8 Å². The number of benzene rings is 1. The quantitative estimate of drug-likeness (QED) is 0.407. The fraction of sp³-hybridized carbons (Fsp3) is 0.167. The van der Waals surface area contributed by atoms with E-state index in [0.29, 0.717) is 34.3 Å². The highest BCUT2D eigenvalue weighted by atomic mass is 35.5. The molecule has 0 radical (unpaired) electrons. The molecule has 27 heavy (non-hydrogen) atoms. The summed E-state index contributed by atoms with van der Waals surface area (Å²) in [6, 6.07) is 4.31. The van der Waals surface area contributed by atoms with Gasteiger partial charge in [0.15, 0.2) is 0 Å². The molecule has 0 bridgehead atoms. The maximum absolute atomic E-state index is 12.9. The van der Waals surface area contributed by atoms with Gasteiger partial charge in [0.05, 0.1) is 32.9 Å². The van der Waals surface area contributed by atoms with Gasteiger partial charge in [0.25, 0.3) is 5.91 Å². The molecule has 0 saturated carbocycles. The molecule has 2 aliphatic rings. The fourth-order valence-electron chi connectivity index (χ4n) is 4.12. The van der Waals surface area contributed by atoms with Crippen molar-refractivity contribution in [2.75, 3.05) is 0 Å². The Labute approximate surface area is 173 Å². The van der Waals surface area contributed by atoms with E-state index in [1.165, 1.54) is 16.7 Å². The highest BCUT2D eigenvalue weighted by Crippen LogP contribution is 2.51. The van der Waals surface area contributed by atoms with Gasteiger partial charge in [-0.25, -0.2) is 0 Å². The molecule has 0 aliphatic carbocycles. The predicted molar refractivity (Wildman–Crippen MR) is 104 cm³/mol. The number of phenols is 2.